The fourth-order valence-electron chi connectivity index (χ4n) is 3.21. The van der Waals surface area contributed by atoms with Crippen molar-refractivity contribution in [3.05, 3.63) is 24.0 Å². The molecule has 1 aromatic heterocycles. The van der Waals surface area contributed by atoms with Crippen molar-refractivity contribution < 1.29 is 0 Å². The van der Waals surface area contributed by atoms with E-state index in [0.717, 1.165) is 41.4 Å². The Hall–Kier alpha value is -1.56. The van der Waals surface area contributed by atoms with Crippen LogP contribution in [0.3, 0.4) is 0 Å². The van der Waals surface area contributed by atoms with Gasteiger partial charge in [-0.2, -0.15) is 10.2 Å². The summed E-state index contributed by atoms with van der Waals surface area (Å²) in [5.41, 5.74) is 4.59. The number of aromatic nitrogens is 2. The summed E-state index contributed by atoms with van der Waals surface area (Å²) >= 11 is 5.51. The minimum absolute atomic E-state index is 0.733. The maximum Gasteiger partial charge on any atom is 0.189 e. The second-order valence-electron chi connectivity index (χ2n) is 6.01. The molecule has 0 amide bonds. The molecule has 0 spiro atoms. The molecule has 0 atom stereocenters. The van der Waals surface area contributed by atoms with Crippen LogP contribution in [0.1, 0.15) is 38.3 Å². The molecule has 6 heteroatoms. The monoisotopic (exact) mass is 303 g/mol. The van der Waals surface area contributed by atoms with Gasteiger partial charge in [-0.05, 0) is 68.8 Å². The van der Waals surface area contributed by atoms with Crippen LogP contribution < -0.4 is 5.43 Å². The van der Waals surface area contributed by atoms with Crippen molar-refractivity contribution >= 4 is 23.0 Å². The maximum absolute atomic E-state index is 5.51. The van der Waals surface area contributed by atoms with Crippen molar-refractivity contribution in [2.75, 3.05) is 13.1 Å². The maximum atomic E-state index is 5.51. The Bertz CT molecular complexity index is 508. The third-order valence-electron chi connectivity index (χ3n) is 4.47. The zero-order chi connectivity index (χ0) is 14.7. The molecule has 5 nitrogen and oxygen atoms in total. The van der Waals surface area contributed by atoms with E-state index < -0.39 is 0 Å². The number of fused-ring (bicyclic) bond motifs is 4. The Morgan fingerprint density at radius 3 is 2.52 bits per heavy atom. The molecule has 2 aliphatic heterocycles. The molecule has 3 heterocycles. The van der Waals surface area contributed by atoms with Crippen molar-refractivity contribution in [3.8, 4) is 0 Å². The van der Waals surface area contributed by atoms with Crippen molar-refractivity contribution in [3.63, 3.8) is 0 Å². The molecule has 21 heavy (non-hydrogen) atoms. The fraction of sp³-hybridized carbons (Fsp3) is 0.600. The molecule has 0 unspecified atom stereocenters. The summed E-state index contributed by atoms with van der Waals surface area (Å²) in [4.78, 5) is 2.29. The molecule has 1 aromatic rings. The van der Waals surface area contributed by atoms with Crippen LogP contribution in [0.15, 0.2) is 23.4 Å². The van der Waals surface area contributed by atoms with Gasteiger partial charge in [0.25, 0.3) is 0 Å². The van der Waals surface area contributed by atoms with E-state index in [1.165, 1.54) is 25.7 Å². The van der Waals surface area contributed by atoms with Crippen LogP contribution in [-0.2, 0) is 0 Å². The van der Waals surface area contributed by atoms with E-state index >= 15 is 0 Å². The van der Waals surface area contributed by atoms with Crippen LogP contribution in [0.25, 0.3) is 0 Å². The molecular weight excluding hydrogens is 282 g/mol. The highest BCUT2D eigenvalue weighted by Crippen LogP contribution is 2.33. The molecule has 3 fully saturated rings. The molecule has 2 bridgehead atoms. The lowest BCUT2D eigenvalue weighted by atomic mass is 9.84. The van der Waals surface area contributed by atoms with Crippen LogP contribution >= 0.6 is 12.2 Å². The van der Waals surface area contributed by atoms with Crippen LogP contribution in [-0.4, -0.2) is 39.0 Å². The standard InChI is InChI=1S/C15H21N5S/c1-11(14-3-2-8-16-18-14)17-19-15(21)20-9-12-4-5-13(10-20)7-6-12/h2-3,8,12-13H,4-7,9-10H2,1H3,(H,19,21)/b17-11+. The summed E-state index contributed by atoms with van der Waals surface area (Å²) in [5.74, 6) is 1.60. The van der Waals surface area contributed by atoms with Crippen molar-refractivity contribution in [2.45, 2.75) is 32.6 Å². The number of hydrazone groups is 1. The molecule has 1 N–H and O–H groups in total. The summed E-state index contributed by atoms with van der Waals surface area (Å²) in [7, 11) is 0. The Morgan fingerprint density at radius 1 is 1.29 bits per heavy atom. The van der Waals surface area contributed by atoms with E-state index in [2.05, 4.69) is 25.6 Å². The van der Waals surface area contributed by atoms with E-state index in [9.17, 15) is 0 Å². The molecule has 112 valence electrons. The van der Waals surface area contributed by atoms with Gasteiger partial charge < -0.3 is 4.90 Å². The SMILES string of the molecule is C/C(=N\NC(=S)N1CC2CCC(CC2)C1)c1cccnn1. The quantitative estimate of drug-likeness (QED) is 0.516. The molecule has 3 aliphatic rings. The number of nitrogens with one attached hydrogen (secondary N) is 1. The predicted molar refractivity (Wildman–Crippen MR) is 87.0 cm³/mol. The first-order valence-corrected chi connectivity index (χ1v) is 8.00. The normalized spacial score (nSPS) is 25.6. The predicted octanol–water partition coefficient (Wildman–Crippen LogP) is 2.20. The molecular formula is C15H21N5S. The van der Waals surface area contributed by atoms with Gasteiger partial charge in [0.15, 0.2) is 5.11 Å². The summed E-state index contributed by atoms with van der Waals surface area (Å²) in [6, 6.07) is 3.74. The zero-order valence-corrected chi connectivity index (χ0v) is 13.1. The van der Waals surface area contributed by atoms with E-state index in [4.69, 9.17) is 12.2 Å². The number of thiocarbonyl (C=S) groups is 1. The molecule has 0 radical (unpaired) electrons. The van der Waals surface area contributed by atoms with Gasteiger partial charge in [0.2, 0.25) is 0 Å². The first-order valence-electron chi connectivity index (χ1n) is 7.59. The molecule has 1 saturated carbocycles. The highest BCUT2D eigenvalue weighted by Gasteiger charge is 2.30. The number of hydrogen-bond donors (Lipinski definition) is 1. The van der Waals surface area contributed by atoms with E-state index in [0.29, 0.717) is 0 Å². The lowest BCUT2D eigenvalue weighted by Crippen LogP contribution is -2.40. The Morgan fingerprint density at radius 2 is 1.95 bits per heavy atom. The van der Waals surface area contributed by atoms with Gasteiger partial charge >= 0.3 is 0 Å². The highest BCUT2D eigenvalue weighted by atomic mass is 32.1. The second kappa shape index (κ2) is 6.47. The van der Waals surface area contributed by atoms with Gasteiger partial charge in [-0.3, -0.25) is 5.43 Å². The first-order chi connectivity index (χ1) is 10.2. The van der Waals surface area contributed by atoms with E-state index in [-0.39, 0.29) is 0 Å². The zero-order valence-electron chi connectivity index (χ0n) is 12.3. The average molecular weight is 303 g/mol. The van der Waals surface area contributed by atoms with Crippen molar-refractivity contribution in [1.29, 1.82) is 0 Å². The highest BCUT2D eigenvalue weighted by molar-refractivity contribution is 7.80. The number of rotatable bonds is 2. The van der Waals surface area contributed by atoms with Crippen molar-refractivity contribution in [2.24, 2.45) is 16.9 Å². The average Bonchev–Trinajstić information content (AvgIpc) is 2.87. The fourth-order valence-corrected chi connectivity index (χ4v) is 3.41. The van der Waals surface area contributed by atoms with Gasteiger partial charge in [0.05, 0.1) is 5.71 Å². The Kier molecular flexibility index (Phi) is 4.43. The second-order valence-corrected chi connectivity index (χ2v) is 6.40. The van der Waals surface area contributed by atoms with Crippen molar-refractivity contribution in [1.82, 2.24) is 20.5 Å². The molecule has 4 rings (SSSR count). The van der Waals surface area contributed by atoms with Crippen LogP contribution in [0.4, 0.5) is 0 Å². The van der Waals surface area contributed by atoms with Gasteiger partial charge in [-0.1, -0.05) is 0 Å². The Labute approximate surface area is 130 Å². The van der Waals surface area contributed by atoms with Crippen LogP contribution in [0.2, 0.25) is 0 Å². The lowest BCUT2D eigenvalue weighted by Gasteiger charge is -2.24. The first kappa shape index (κ1) is 14.4. The van der Waals surface area contributed by atoms with E-state index in [1.54, 1.807) is 6.20 Å². The minimum atomic E-state index is 0.733. The minimum Gasteiger partial charge on any atom is -0.347 e. The number of nitrogens with zero attached hydrogens (tertiary/aromatic N) is 4. The third kappa shape index (κ3) is 3.56. The smallest absolute Gasteiger partial charge is 0.189 e. The lowest BCUT2D eigenvalue weighted by molar-refractivity contribution is 0.326. The molecule has 1 aliphatic carbocycles. The van der Waals surface area contributed by atoms with Gasteiger partial charge in [0, 0.05) is 19.3 Å². The molecule has 0 aromatic carbocycles. The molecule has 2 saturated heterocycles. The summed E-state index contributed by atoms with van der Waals surface area (Å²) in [6.45, 7) is 4.05. The number of hydrogen-bond acceptors (Lipinski definition) is 4. The van der Waals surface area contributed by atoms with Gasteiger partial charge in [-0.25, -0.2) is 0 Å². The summed E-state index contributed by atoms with van der Waals surface area (Å²) in [5, 5.41) is 13.0. The van der Waals surface area contributed by atoms with Crippen LogP contribution in [0, 0.1) is 11.8 Å². The Balaban J connectivity index is 1.61. The van der Waals surface area contributed by atoms with Crippen LogP contribution in [0.5, 0.6) is 0 Å². The summed E-state index contributed by atoms with van der Waals surface area (Å²) < 4.78 is 0. The summed E-state index contributed by atoms with van der Waals surface area (Å²) in [6.07, 6.45) is 7.07. The van der Waals surface area contributed by atoms with Gasteiger partial charge in [0.1, 0.15) is 5.69 Å². The van der Waals surface area contributed by atoms with E-state index in [1.807, 2.05) is 19.1 Å². The largest absolute Gasteiger partial charge is 0.347 e. The topological polar surface area (TPSA) is 53.4 Å². The van der Waals surface area contributed by atoms with Gasteiger partial charge in [-0.15, -0.1) is 5.10 Å². The third-order valence-corrected chi connectivity index (χ3v) is 4.82.